The Balaban J connectivity index is 2.05. The second-order valence-corrected chi connectivity index (χ2v) is 5.74. The molecule has 0 aliphatic heterocycles. The summed E-state index contributed by atoms with van der Waals surface area (Å²) in [5.41, 5.74) is 4.58. The first-order chi connectivity index (χ1) is 12.2. The van der Waals surface area contributed by atoms with E-state index in [0.717, 1.165) is 18.2 Å². The minimum absolute atomic E-state index is 0.0348. The van der Waals surface area contributed by atoms with Crippen LogP contribution in [0.1, 0.15) is 10.4 Å². The molecule has 1 amide bonds. The quantitative estimate of drug-likeness (QED) is 0.342. The van der Waals surface area contributed by atoms with Crippen LogP contribution in [-0.2, 0) is 9.53 Å². The molecule has 0 fully saturated rings. The van der Waals surface area contributed by atoms with Gasteiger partial charge in [-0.3, -0.25) is 14.9 Å². The van der Waals surface area contributed by atoms with Crippen molar-refractivity contribution in [2.75, 3.05) is 17.7 Å². The highest BCUT2D eigenvalue weighted by Gasteiger charge is 2.18. The first-order valence-electron chi connectivity index (χ1n) is 6.84. The van der Waals surface area contributed by atoms with Gasteiger partial charge in [0.1, 0.15) is 5.82 Å². The van der Waals surface area contributed by atoms with Crippen molar-refractivity contribution in [2.45, 2.75) is 0 Å². The number of hydrogen-bond donors (Lipinski definition) is 2. The van der Waals surface area contributed by atoms with Gasteiger partial charge in [-0.1, -0.05) is 23.2 Å². The average molecular weight is 402 g/mol. The molecule has 0 aliphatic rings. The van der Waals surface area contributed by atoms with Gasteiger partial charge < -0.3 is 15.8 Å². The number of nitro benzene ring substituents is 1. The van der Waals surface area contributed by atoms with E-state index in [0.29, 0.717) is 0 Å². The SMILES string of the molecule is Nc1c(Cl)cc(Cl)cc1C(=O)OCC(=O)Nc1cc([N+](=O)[O-])ccc1F. The molecule has 0 saturated heterocycles. The zero-order valence-corrected chi connectivity index (χ0v) is 14.3. The molecule has 2 aromatic carbocycles. The lowest BCUT2D eigenvalue weighted by Crippen LogP contribution is -2.22. The highest BCUT2D eigenvalue weighted by Crippen LogP contribution is 2.28. The number of carbonyl (C=O) groups excluding carboxylic acids is 2. The van der Waals surface area contributed by atoms with Gasteiger partial charge in [-0.25, -0.2) is 9.18 Å². The minimum atomic E-state index is -0.971. The maximum absolute atomic E-state index is 13.6. The van der Waals surface area contributed by atoms with Crippen LogP contribution in [0.3, 0.4) is 0 Å². The number of nitrogens with one attached hydrogen (secondary N) is 1. The van der Waals surface area contributed by atoms with Gasteiger partial charge in [-0.05, 0) is 18.2 Å². The summed E-state index contributed by atoms with van der Waals surface area (Å²) in [4.78, 5) is 33.7. The number of rotatable bonds is 5. The van der Waals surface area contributed by atoms with Crippen LogP contribution in [0.25, 0.3) is 0 Å². The molecule has 0 saturated carbocycles. The maximum atomic E-state index is 13.6. The van der Waals surface area contributed by atoms with E-state index in [9.17, 15) is 24.1 Å². The first-order valence-corrected chi connectivity index (χ1v) is 7.60. The molecule has 0 bridgehead atoms. The highest BCUT2D eigenvalue weighted by molar-refractivity contribution is 6.37. The van der Waals surface area contributed by atoms with Crippen LogP contribution in [0.5, 0.6) is 0 Å². The van der Waals surface area contributed by atoms with Crippen molar-refractivity contribution in [3.05, 3.63) is 61.9 Å². The molecule has 2 rings (SSSR count). The molecule has 0 atom stereocenters. The van der Waals surface area contributed by atoms with Gasteiger partial charge in [0.05, 0.1) is 26.9 Å². The highest BCUT2D eigenvalue weighted by atomic mass is 35.5. The second-order valence-electron chi connectivity index (χ2n) is 4.89. The standard InChI is InChI=1S/C15H10Cl2FN3O5/c16-7-3-9(14(19)10(17)4-7)15(23)26-6-13(22)20-12-5-8(21(24)25)1-2-11(12)18/h1-5H,6,19H2,(H,20,22). The number of halogens is 3. The van der Waals surface area contributed by atoms with Crippen LogP contribution in [0.15, 0.2) is 30.3 Å². The van der Waals surface area contributed by atoms with E-state index in [4.69, 9.17) is 33.7 Å². The molecule has 136 valence electrons. The fourth-order valence-corrected chi connectivity index (χ4v) is 2.36. The Morgan fingerprint density at radius 3 is 2.62 bits per heavy atom. The van der Waals surface area contributed by atoms with Gasteiger partial charge in [0.15, 0.2) is 6.61 Å². The van der Waals surface area contributed by atoms with E-state index in [1.807, 2.05) is 0 Å². The summed E-state index contributed by atoms with van der Waals surface area (Å²) in [6.07, 6.45) is 0. The Morgan fingerprint density at radius 1 is 1.27 bits per heavy atom. The van der Waals surface area contributed by atoms with Crippen molar-refractivity contribution >= 4 is 52.1 Å². The van der Waals surface area contributed by atoms with Crippen LogP contribution >= 0.6 is 23.2 Å². The van der Waals surface area contributed by atoms with Crippen LogP contribution in [0.2, 0.25) is 10.0 Å². The number of carbonyl (C=O) groups is 2. The summed E-state index contributed by atoms with van der Waals surface area (Å²) >= 11 is 11.6. The van der Waals surface area contributed by atoms with E-state index in [1.54, 1.807) is 0 Å². The third kappa shape index (κ3) is 4.58. The largest absolute Gasteiger partial charge is 0.452 e. The number of esters is 1. The summed E-state index contributed by atoms with van der Waals surface area (Å²) in [7, 11) is 0. The molecule has 8 nitrogen and oxygen atoms in total. The normalized spacial score (nSPS) is 10.3. The number of nitrogen functional groups attached to an aromatic ring is 1. The summed E-state index contributed by atoms with van der Waals surface area (Å²) in [5.74, 6) is -2.77. The van der Waals surface area contributed by atoms with Gasteiger partial charge in [-0.2, -0.15) is 0 Å². The molecule has 0 radical (unpaired) electrons. The Labute approximate surface area is 155 Å². The molecule has 0 aromatic heterocycles. The Hall–Kier alpha value is -2.91. The monoisotopic (exact) mass is 401 g/mol. The topological polar surface area (TPSA) is 125 Å². The number of hydrogen-bond acceptors (Lipinski definition) is 6. The molecular weight excluding hydrogens is 392 g/mol. The maximum Gasteiger partial charge on any atom is 0.340 e. The lowest BCUT2D eigenvalue weighted by Gasteiger charge is -2.09. The van der Waals surface area contributed by atoms with Crippen molar-refractivity contribution in [3.8, 4) is 0 Å². The Bertz CT molecular complexity index is 907. The number of nitrogens with two attached hydrogens (primary N) is 1. The number of amides is 1. The van der Waals surface area contributed by atoms with Crippen molar-refractivity contribution in [1.29, 1.82) is 0 Å². The number of non-ortho nitro benzene ring substituents is 1. The van der Waals surface area contributed by atoms with E-state index in [1.165, 1.54) is 12.1 Å². The van der Waals surface area contributed by atoms with Crippen molar-refractivity contribution < 1.29 is 23.6 Å². The van der Waals surface area contributed by atoms with Crippen LogP contribution < -0.4 is 11.1 Å². The number of nitro groups is 1. The zero-order chi connectivity index (χ0) is 19.4. The molecule has 0 heterocycles. The molecule has 0 unspecified atom stereocenters. The van der Waals surface area contributed by atoms with Gasteiger partial charge in [-0.15, -0.1) is 0 Å². The predicted molar refractivity (Wildman–Crippen MR) is 92.8 cm³/mol. The molecule has 3 N–H and O–H groups in total. The third-order valence-corrected chi connectivity index (χ3v) is 3.61. The summed E-state index contributed by atoms with van der Waals surface area (Å²) in [5, 5.41) is 12.9. The second kappa shape index (κ2) is 7.98. The summed E-state index contributed by atoms with van der Waals surface area (Å²) < 4.78 is 18.4. The molecule has 11 heteroatoms. The smallest absolute Gasteiger partial charge is 0.340 e. The van der Waals surface area contributed by atoms with E-state index in [2.05, 4.69) is 5.32 Å². The summed E-state index contributed by atoms with van der Waals surface area (Å²) in [6.45, 7) is -0.787. The van der Waals surface area contributed by atoms with E-state index >= 15 is 0 Å². The zero-order valence-electron chi connectivity index (χ0n) is 12.8. The van der Waals surface area contributed by atoms with Gasteiger partial charge >= 0.3 is 5.97 Å². The minimum Gasteiger partial charge on any atom is -0.452 e. The molecule has 0 aliphatic carbocycles. The first kappa shape index (κ1) is 19.4. The number of anilines is 2. The van der Waals surface area contributed by atoms with E-state index < -0.39 is 40.6 Å². The van der Waals surface area contributed by atoms with Gasteiger partial charge in [0, 0.05) is 17.2 Å². The number of nitrogens with zero attached hydrogens (tertiary/aromatic N) is 1. The summed E-state index contributed by atoms with van der Waals surface area (Å²) in [6, 6.07) is 5.14. The molecule has 26 heavy (non-hydrogen) atoms. The molecule has 2 aromatic rings. The number of ether oxygens (including phenoxy) is 1. The average Bonchev–Trinajstić information content (AvgIpc) is 2.57. The van der Waals surface area contributed by atoms with Gasteiger partial charge in [0.25, 0.3) is 11.6 Å². The fraction of sp³-hybridized carbons (Fsp3) is 0.0667. The Kier molecular flexibility index (Phi) is 5.96. The lowest BCUT2D eigenvalue weighted by atomic mass is 10.2. The molecule has 0 spiro atoms. The van der Waals surface area contributed by atoms with Crippen molar-refractivity contribution in [3.63, 3.8) is 0 Å². The van der Waals surface area contributed by atoms with Crippen LogP contribution in [-0.4, -0.2) is 23.4 Å². The number of benzene rings is 2. The van der Waals surface area contributed by atoms with Crippen molar-refractivity contribution in [1.82, 2.24) is 0 Å². The Morgan fingerprint density at radius 2 is 1.96 bits per heavy atom. The van der Waals surface area contributed by atoms with E-state index in [-0.39, 0.29) is 21.3 Å². The lowest BCUT2D eigenvalue weighted by molar-refractivity contribution is -0.384. The van der Waals surface area contributed by atoms with Crippen LogP contribution in [0, 0.1) is 15.9 Å². The van der Waals surface area contributed by atoms with Gasteiger partial charge in [0.2, 0.25) is 0 Å². The third-order valence-electron chi connectivity index (χ3n) is 3.08. The predicted octanol–water partition coefficient (Wildman–Crippen LogP) is 3.42. The molecular formula is C15H10Cl2FN3O5. The van der Waals surface area contributed by atoms with Crippen LogP contribution in [0.4, 0.5) is 21.5 Å². The van der Waals surface area contributed by atoms with Crippen molar-refractivity contribution in [2.24, 2.45) is 0 Å². The fourth-order valence-electron chi connectivity index (χ4n) is 1.87.